The fourth-order valence-electron chi connectivity index (χ4n) is 5.00. The summed E-state index contributed by atoms with van der Waals surface area (Å²) in [5, 5.41) is 2.06. The zero-order valence-electron chi connectivity index (χ0n) is 14.7. The van der Waals surface area contributed by atoms with Gasteiger partial charge in [0, 0.05) is 28.1 Å². The second-order valence-corrected chi connectivity index (χ2v) is 8.38. The van der Waals surface area contributed by atoms with Gasteiger partial charge in [0.15, 0.2) is 0 Å². The molecule has 0 aliphatic carbocycles. The molecule has 4 heterocycles. The Bertz CT molecular complexity index is 1150. The van der Waals surface area contributed by atoms with Crippen molar-refractivity contribution in [3.05, 3.63) is 92.7 Å². The molecule has 3 aliphatic heterocycles. The minimum atomic E-state index is -0.575. The third-order valence-electron chi connectivity index (χ3n) is 6.18. The first-order valence-electron chi connectivity index (χ1n) is 9.02. The van der Waals surface area contributed by atoms with E-state index in [1.807, 2.05) is 52.3 Å². The van der Waals surface area contributed by atoms with Gasteiger partial charge < -0.3 is 4.90 Å². The van der Waals surface area contributed by atoms with Gasteiger partial charge in [-0.2, -0.15) is 0 Å². The molecule has 27 heavy (non-hydrogen) atoms. The van der Waals surface area contributed by atoms with Gasteiger partial charge in [-0.3, -0.25) is 14.5 Å². The van der Waals surface area contributed by atoms with Gasteiger partial charge in [0.05, 0.1) is 0 Å². The monoisotopic (exact) mass is 372 g/mol. The van der Waals surface area contributed by atoms with Gasteiger partial charge in [-0.1, -0.05) is 36.4 Å². The quantitative estimate of drug-likeness (QED) is 0.595. The minimum absolute atomic E-state index is 0.000700. The standard InChI is InChI=1S/C22H16N2O2S/c1-22-17-9-5-4-8-16(17)21(26)24(22)19-14-6-2-3-7-15(14)20(25)23(19)12-13-10-11-27-18(13)22/h2-11,19H,12H2,1H3/t19-,22+/m1/s1. The number of rotatable bonds is 0. The zero-order chi connectivity index (χ0) is 18.3. The average Bonchev–Trinajstić information content (AvgIpc) is 3.30. The maximum Gasteiger partial charge on any atom is 0.257 e. The van der Waals surface area contributed by atoms with Crippen LogP contribution in [0.5, 0.6) is 0 Å². The van der Waals surface area contributed by atoms with E-state index >= 15 is 0 Å². The Kier molecular flexibility index (Phi) is 2.73. The number of carbonyl (C=O) groups excluding carboxylic acids is 2. The lowest BCUT2D eigenvalue weighted by molar-refractivity contribution is 0.0142. The van der Waals surface area contributed by atoms with Crippen LogP contribution in [0.15, 0.2) is 60.0 Å². The summed E-state index contributed by atoms with van der Waals surface area (Å²) in [7, 11) is 0. The molecule has 132 valence electrons. The molecule has 0 bridgehead atoms. The van der Waals surface area contributed by atoms with Crippen molar-refractivity contribution in [1.82, 2.24) is 9.80 Å². The first-order chi connectivity index (χ1) is 13.1. The molecule has 2 aromatic carbocycles. The van der Waals surface area contributed by atoms with E-state index < -0.39 is 5.54 Å². The lowest BCUT2D eigenvalue weighted by Gasteiger charge is -2.40. The molecule has 0 N–H and O–H groups in total. The summed E-state index contributed by atoms with van der Waals surface area (Å²) >= 11 is 1.67. The number of benzene rings is 2. The van der Waals surface area contributed by atoms with E-state index in [0.29, 0.717) is 12.1 Å². The number of fused-ring (bicyclic) bond motifs is 9. The predicted octanol–water partition coefficient (Wildman–Crippen LogP) is 4.14. The second-order valence-electron chi connectivity index (χ2n) is 7.46. The van der Waals surface area contributed by atoms with Crippen LogP contribution in [0.1, 0.15) is 55.4 Å². The van der Waals surface area contributed by atoms with E-state index in [1.165, 1.54) is 0 Å². The van der Waals surface area contributed by atoms with Crippen LogP contribution in [-0.2, 0) is 12.1 Å². The number of nitrogens with zero attached hydrogens (tertiary/aromatic N) is 2. The van der Waals surface area contributed by atoms with Crippen molar-refractivity contribution < 1.29 is 9.59 Å². The van der Waals surface area contributed by atoms with E-state index in [9.17, 15) is 9.59 Å². The van der Waals surface area contributed by atoms with Crippen LogP contribution in [0.4, 0.5) is 0 Å². The SMILES string of the molecule is C[C@@]12c3ccccc3C(=O)N1[C@@H]1c3ccccc3C(=O)N1Cc1ccsc12. The van der Waals surface area contributed by atoms with Crippen LogP contribution < -0.4 is 0 Å². The molecule has 2 atom stereocenters. The van der Waals surface area contributed by atoms with Gasteiger partial charge in [0.25, 0.3) is 11.8 Å². The lowest BCUT2D eigenvalue weighted by Crippen LogP contribution is -2.47. The third kappa shape index (κ3) is 1.64. The Morgan fingerprint density at radius 2 is 1.70 bits per heavy atom. The molecule has 0 radical (unpaired) electrons. The molecule has 6 rings (SSSR count). The van der Waals surface area contributed by atoms with Crippen molar-refractivity contribution in [3.8, 4) is 0 Å². The van der Waals surface area contributed by atoms with Crippen molar-refractivity contribution in [3.63, 3.8) is 0 Å². The van der Waals surface area contributed by atoms with Crippen LogP contribution in [0.25, 0.3) is 0 Å². The molecular formula is C22H16N2O2S. The van der Waals surface area contributed by atoms with E-state index in [2.05, 4.69) is 24.4 Å². The molecular weight excluding hydrogens is 356 g/mol. The lowest BCUT2D eigenvalue weighted by atomic mass is 9.88. The molecule has 2 amide bonds. The normalized spacial score (nSPS) is 24.9. The van der Waals surface area contributed by atoms with E-state index in [1.54, 1.807) is 11.3 Å². The van der Waals surface area contributed by atoms with Crippen LogP contribution in [-0.4, -0.2) is 21.6 Å². The highest BCUT2D eigenvalue weighted by molar-refractivity contribution is 7.10. The molecule has 0 fully saturated rings. The van der Waals surface area contributed by atoms with Crippen molar-refractivity contribution in [2.24, 2.45) is 0 Å². The maximum atomic E-state index is 13.6. The number of amides is 2. The summed E-state index contributed by atoms with van der Waals surface area (Å²) in [6.45, 7) is 2.65. The van der Waals surface area contributed by atoms with Crippen LogP contribution >= 0.6 is 11.3 Å². The number of thiophene rings is 1. The second kappa shape index (κ2) is 4.87. The highest BCUT2D eigenvalue weighted by atomic mass is 32.1. The highest BCUT2D eigenvalue weighted by Crippen LogP contribution is 2.55. The van der Waals surface area contributed by atoms with E-state index in [-0.39, 0.29) is 18.0 Å². The molecule has 3 aromatic rings. The predicted molar refractivity (Wildman–Crippen MR) is 102 cm³/mol. The molecule has 5 heteroatoms. The van der Waals surface area contributed by atoms with Crippen molar-refractivity contribution in [2.75, 3.05) is 0 Å². The topological polar surface area (TPSA) is 40.6 Å². The Morgan fingerprint density at radius 3 is 2.56 bits per heavy atom. The average molecular weight is 372 g/mol. The van der Waals surface area contributed by atoms with Crippen LogP contribution in [0.2, 0.25) is 0 Å². The third-order valence-corrected chi connectivity index (χ3v) is 7.35. The highest BCUT2D eigenvalue weighted by Gasteiger charge is 2.57. The Labute approximate surface area is 160 Å². The van der Waals surface area contributed by atoms with Crippen molar-refractivity contribution >= 4 is 23.2 Å². The fraction of sp³-hybridized carbons (Fsp3) is 0.182. The Hall–Kier alpha value is -2.92. The van der Waals surface area contributed by atoms with Gasteiger partial charge in [-0.15, -0.1) is 11.3 Å². The number of hydrogen-bond acceptors (Lipinski definition) is 3. The van der Waals surface area contributed by atoms with Gasteiger partial charge >= 0.3 is 0 Å². The largest absolute Gasteiger partial charge is 0.309 e. The fourth-order valence-corrected chi connectivity index (χ4v) is 6.09. The number of hydrogen-bond donors (Lipinski definition) is 0. The summed E-state index contributed by atoms with van der Waals surface area (Å²) in [5.41, 5.74) is 3.93. The Morgan fingerprint density at radius 1 is 0.963 bits per heavy atom. The van der Waals surface area contributed by atoms with Gasteiger partial charge in [-0.05, 0) is 41.6 Å². The summed E-state index contributed by atoms with van der Waals surface area (Å²) in [5.74, 6) is -0.00499. The first kappa shape index (κ1) is 15.2. The molecule has 0 saturated carbocycles. The smallest absolute Gasteiger partial charge is 0.257 e. The molecule has 0 unspecified atom stereocenters. The van der Waals surface area contributed by atoms with Crippen molar-refractivity contribution in [2.45, 2.75) is 25.2 Å². The minimum Gasteiger partial charge on any atom is -0.309 e. The molecule has 4 nitrogen and oxygen atoms in total. The van der Waals surface area contributed by atoms with Crippen LogP contribution in [0.3, 0.4) is 0 Å². The van der Waals surface area contributed by atoms with Crippen molar-refractivity contribution in [1.29, 1.82) is 0 Å². The summed E-state index contributed by atoms with van der Waals surface area (Å²) in [4.78, 5) is 31.7. The first-order valence-corrected chi connectivity index (χ1v) is 9.90. The van der Waals surface area contributed by atoms with E-state index in [0.717, 1.165) is 27.1 Å². The Balaban J connectivity index is 1.70. The van der Waals surface area contributed by atoms with Gasteiger partial charge in [-0.25, -0.2) is 0 Å². The molecule has 0 spiro atoms. The van der Waals surface area contributed by atoms with Gasteiger partial charge in [0.1, 0.15) is 11.7 Å². The maximum absolute atomic E-state index is 13.6. The zero-order valence-corrected chi connectivity index (χ0v) is 15.5. The summed E-state index contributed by atoms with van der Waals surface area (Å²) < 4.78 is 0. The number of carbonyl (C=O) groups is 2. The van der Waals surface area contributed by atoms with E-state index in [4.69, 9.17) is 0 Å². The molecule has 1 aromatic heterocycles. The van der Waals surface area contributed by atoms with Crippen LogP contribution in [0, 0.1) is 0 Å². The summed E-state index contributed by atoms with van der Waals surface area (Å²) in [6, 6.07) is 17.6. The summed E-state index contributed by atoms with van der Waals surface area (Å²) in [6.07, 6.45) is -0.377. The molecule has 3 aliphatic rings. The van der Waals surface area contributed by atoms with Gasteiger partial charge in [0.2, 0.25) is 0 Å². The molecule has 0 saturated heterocycles.